The highest BCUT2D eigenvalue weighted by Crippen LogP contribution is 2.28. The second-order valence-electron chi connectivity index (χ2n) is 6.89. The number of carbonyl (C=O) groups excluding carboxylic acids is 1. The molecule has 0 aromatic heterocycles. The monoisotopic (exact) mass is 454 g/mol. The summed E-state index contributed by atoms with van der Waals surface area (Å²) in [5.74, 6) is 0.450. The van der Waals surface area contributed by atoms with Crippen molar-refractivity contribution in [3.05, 3.63) is 53.6 Å². The van der Waals surface area contributed by atoms with E-state index < -0.39 is 10.0 Å². The van der Waals surface area contributed by atoms with Gasteiger partial charge in [-0.1, -0.05) is 12.1 Å². The molecule has 1 heterocycles. The summed E-state index contributed by atoms with van der Waals surface area (Å²) in [6, 6.07) is 14.7. The Morgan fingerprint density at radius 3 is 2.38 bits per heavy atom. The summed E-state index contributed by atoms with van der Waals surface area (Å²) in [5.41, 5.74) is 0.509. The fourth-order valence-corrected chi connectivity index (χ4v) is 4.86. The highest BCUT2D eigenvalue weighted by Gasteiger charge is 2.31. The summed E-state index contributed by atoms with van der Waals surface area (Å²) in [7, 11) is -3.83. The number of piperazine rings is 1. The van der Waals surface area contributed by atoms with Crippen molar-refractivity contribution < 1.29 is 22.7 Å². The smallest absolute Gasteiger partial charge is 0.260 e. The molecule has 1 fully saturated rings. The number of carbonyl (C=O) groups is 1. The van der Waals surface area contributed by atoms with Crippen molar-refractivity contribution in [1.82, 2.24) is 9.21 Å². The molecule has 0 radical (unpaired) electrons. The van der Waals surface area contributed by atoms with Crippen LogP contribution in [-0.2, 0) is 14.8 Å². The zero-order valence-corrected chi connectivity index (χ0v) is 18.3. The number of sulfonamides is 1. The van der Waals surface area contributed by atoms with E-state index in [4.69, 9.17) is 14.7 Å². The molecule has 0 bridgehead atoms. The second kappa shape index (κ2) is 10.1. The second-order valence-corrected chi connectivity index (χ2v) is 8.79. The van der Waals surface area contributed by atoms with Gasteiger partial charge < -0.3 is 14.4 Å². The van der Waals surface area contributed by atoms with Crippen molar-refractivity contribution in [1.29, 1.82) is 10.5 Å². The Morgan fingerprint density at radius 1 is 1.00 bits per heavy atom. The van der Waals surface area contributed by atoms with Crippen LogP contribution in [-0.4, -0.2) is 62.9 Å². The van der Waals surface area contributed by atoms with Crippen LogP contribution >= 0.6 is 0 Å². The summed E-state index contributed by atoms with van der Waals surface area (Å²) < 4.78 is 38.2. The molecule has 9 nitrogen and oxygen atoms in total. The Bertz CT molecular complexity index is 1180. The van der Waals surface area contributed by atoms with Crippen LogP contribution in [0.1, 0.15) is 18.1 Å². The molecule has 0 unspecified atom stereocenters. The number of ether oxygens (including phenoxy) is 2. The largest absolute Gasteiger partial charge is 0.490 e. The van der Waals surface area contributed by atoms with Gasteiger partial charge in [0, 0.05) is 32.2 Å². The third-order valence-corrected chi connectivity index (χ3v) is 6.90. The third-order valence-electron chi connectivity index (χ3n) is 4.94. The van der Waals surface area contributed by atoms with Gasteiger partial charge in [0.2, 0.25) is 10.0 Å². The van der Waals surface area contributed by atoms with Crippen molar-refractivity contribution in [2.75, 3.05) is 39.4 Å². The third kappa shape index (κ3) is 4.99. The lowest BCUT2D eigenvalue weighted by molar-refractivity contribution is -0.134. The van der Waals surface area contributed by atoms with Gasteiger partial charge in [-0.05, 0) is 31.2 Å². The summed E-state index contributed by atoms with van der Waals surface area (Å²) in [6.45, 7) is 2.60. The van der Waals surface area contributed by atoms with E-state index in [1.165, 1.54) is 21.3 Å². The Balaban J connectivity index is 1.61. The van der Waals surface area contributed by atoms with E-state index in [9.17, 15) is 18.5 Å². The lowest BCUT2D eigenvalue weighted by atomic mass is 10.2. The molecule has 0 atom stereocenters. The molecule has 1 amide bonds. The van der Waals surface area contributed by atoms with Crippen LogP contribution in [0.15, 0.2) is 47.4 Å². The first-order valence-corrected chi connectivity index (χ1v) is 11.4. The van der Waals surface area contributed by atoms with Gasteiger partial charge in [0.1, 0.15) is 6.07 Å². The Labute approximate surface area is 187 Å². The van der Waals surface area contributed by atoms with E-state index in [0.29, 0.717) is 23.7 Å². The van der Waals surface area contributed by atoms with Crippen LogP contribution in [0.5, 0.6) is 11.5 Å². The van der Waals surface area contributed by atoms with Crippen LogP contribution in [0.2, 0.25) is 0 Å². The van der Waals surface area contributed by atoms with Gasteiger partial charge in [0.05, 0.1) is 28.7 Å². The van der Waals surface area contributed by atoms with Gasteiger partial charge in [-0.3, -0.25) is 4.79 Å². The minimum atomic E-state index is -3.83. The molecule has 0 N–H and O–H groups in total. The number of benzene rings is 2. The maximum Gasteiger partial charge on any atom is 0.260 e. The highest BCUT2D eigenvalue weighted by atomic mass is 32.2. The van der Waals surface area contributed by atoms with Gasteiger partial charge in [-0.2, -0.15) is 14.8 Å². The van der Waals surface area contributed by atoms with Crippen molar-refractivity contribution in [3.63, 3.8) is 0 Å². The molecule has 166 valence electrons. The molecule has 10 heteroatoms. The summed E-state index contributed by atoms with van der Waals surface area (Å²) in [6.07, 6.45) is 0. The Hall–Kier alpha value is -3.60. The number of rotatable bonds is 7. The van der Waals surface area contributed by atoms with E-state index in [0.717, 1.165) is 0 Å². The molecule has 0 aliphatic carbocycles. The zero-order valence-electron chi connectivity index (χ0n) is 17.5. The summed E-state index contributed by atoms with van der Waals surface area (Å²) in [5, 5.41) is 18.2. The minimum absolute atomic E-state index is 0.0325. The summed E-state index contributed by atoms with van der Waals surface area (Å²) >= 11 is 0. The minimum Gasteiger partial charge on any atom is -0.490 e. The number of hydrogen-bond donors (Lipinski definition) is 0. The Kier molecular flexibility index (Phi) is 7.31. The van der Waals surface area contributed by atoms with E-state index in [1.807, 2.05) is 12.1 Å². The predicted molar refractivity (Wildman–Crippen MR) is 114 cm³/mol. The molecular weight excluding hydrogens is 432 g/mol. The first-order valence-electron chi connectivity index (χ1n) is 9.97. The number of hydrogen-bond acceptors (Lipinski definition) is 7. The topological polar surface area (TPSA) is 124 Å². The SMILES string of the molecule is CCOc1cc(C#N)ccc1OCC(=O)N1CCN(S(=O)(=O)c2ccccc2C#N)CC1. The number of nitrogens with zero attached hydrogens (tertiary/aromatic N) is 4. The van der Waals surface area contributed by atoms with Gasteiger partial charge in [-0.25, -0.2) is 8.42 Å². The standard InChI is InChI=1S/C22H22N4O5S/c1-2-30-20-13-17(14-23)7-8-19(20)31-16-22(27)25-9-11-26(12-10-25)32(28,29)21-6-4-3-5-18(21)15-24/h3-8,13H,2,9-12,16H2,1H3. The van der Waals surface area contributed by atoms with Crippen LogP contribution in [0.4, 0.5) is 0 Å². The van der Waals surface area contributed by atoms with Gasteiger partial charge >= 0.3 is 0 Å². The highest BCUT2D eigenvalue weighted by molar-refractivity contribution is 7.89. The first kappa shape index (κ1) is 23.1. The van der Waals surface area contributed by atoms with Crippen molar-refractivity contribution in [2.24, 2.45) is 0 Å². The van der Waals surface area contributed by atoms with E-state index in [-0.39, 0.29) is 49.2 Å². The van der Waals surface area contributed by atoms with Crippen LogP contribution < -0.4 is 9.47 Å². The van der Waals surface area contributed by atoms with Crippen molar-refractivity contribution >= 4 is 15.9 Å². The lowest BCUT2D eigenvalue weighted by Gasteiger charge is -2.34. The van der Waals surface area contributed by atoms with Gasteiger partial charge in [0.15, 0.2) is 18.1 Å². The average molecular weight is 455 g/mol. The van der Waals surface area contributed by atoms with Gasteiger partial charge in [0.25, 0.3) is 5.91 Å². The Morgan fingerprint density at radius 2 is 1.72 bits per heavy atom. The normalized spacial score (nSPS) is 14.3. The van der Waals surface area contributed by atoms with Gasteiger partial charge in [-0.15, -0.1) is 0 Å². The molecular formula is C22H22N4O5S. The fraction of sp³-hybridized carbons (Fsp3) is 0.318. The van der Waals surface area contributed by atoms with E-state index in [2.05, 4.69) is 0 Å². The molecule has 1 saturated heterocycles. The molecule has 2 aromatic rings. The predicted octanol–water partition coefficient (Wildman–Crippen LogP) is 1.74. The molecule has 0 spiro atoms. The van der Waals surface area contributed by atoms with Crippen LogP contribution in [0.25, 0.3) is 0 Å². The molecule has 1 aliphatic rings. The first-order chi connectivity index (χ1) is 15.4. The van der Waals surface area contributed by atoms with Crippen molar-refractivity contribution in [2.45, 2.75) is 11.8 Å². The van der Waals surface area contributed by atoms with E-state index >= 15 is 0 Å². The van der Waals surface area contributed by atoms with Crippen LogP contribution in [0, 0.1) is 22.7 Å². The number of nitriles is 2. The fourth-order valence-electron chi connectivity index (χ4n) is 3.30. The van der Waals surface area contributed by atoms with Crippen LogP contribution in [0.3, 0.4) is 0 Å². The number of amides is 1. The molecule has 32 heavy (non-hydrogen) atoms. The van der Waals surface area contributed by atoms with Crippen molar-refractivity contribution in [3.8, 4) is 23.6 Å². The molecule has 0 saturated carbocycles. The molecule has 3 rings (SSSR count). The maximum absolute atomic E-state index is 12.9. The van der Waals surface area contributed by atoms with E-state index in [1.54, 1.807) is 37.3 Å². The maximum atomic E-state index is 12.9. The molecule has 1 aliphatic heterocycles. The summed E-state index contributed by atoms with van der Waals surface area (Å²) in [4.78, 5) is 14.1. The zero-order chi connectivity index (χ0) is 23.1. The lowest BCUT2D eigenvalue weighted by Crippen LogP contribution is -2.51. The molecule has 2 aromatic carbocycles. The average Bonchev–Trinajstić information content (AvgIpc) is 2.83. The quantitative estimate of drug-likeness (QED) is 0.624.